The molecule has 1 aliphatic carbocycles. The van der Waals surface area contributed by atoms with Gasteiger partial charge >= 0.3 is 12.1 Å². The maximum absolute atomic E-state index is 12.9. The van der Waals surface area contributed by atoms with Crippen LogP contribution in [0.15, 0.2) is 78.9 Å². The van der Waals surface area contributed by atoms with E-state index >= 15 is 0 Å². The normalized spacial score (nSPS) is 19.2. The molecule has 1 aliphatic heterocycles. The molecule has 2 N–H and O–H groups in total. The number of amides is 2. The van der Waals surface area contributed by atoms with Crippen molar-refractivity contribution >= 4 is 18.0 Å². The van der Waals surface area contributed by atoms with Crippen molar-refractivity contribution in [3.63, 3.8) is 0 Å². The van der Waals surface area contributed by atoms with E-state index in [1.54, 1.807) is 0 Å². The molecular weight excluding hydrogens is 472 g/mol. The number of ether oxygens (including phenoxy) is 2. The van der Waals surface area contributed by atoms with E-state index in [1.807, 2.05) is 78.9 Å². The van der Waals surface area contributed by atoms with Crippen molar-refractivity contribution in [3.8, 4) is 11.1 Å². The van der Waals surface area contributed by atoms with Crippen LogP contribution in [0.4, 0.5) is 4.79 Å². The largest absolute Gasteiger partial charge is 0.459 e. The summed E-state index contributed by atoms with van der Waals surface area (Å²) in [6, 6.07) is 23.0. The molecule has 5 rings (SSSR count). The topological polar surface area (TPSA) is 105 Å². The van der Waals surface area contributed by atoms with Crippen LogP contribution in [0, 0.1) is 0 Å². The van der Waals surface area contributed by atoms with Crippen LogP contribution in [0.25, 0.3) is 11.1 Å². The number of esters is 1. The van der Waals surface area contributed by atoms with E-state index in [2.05, 4.69) is 5.32 Å². The van der Waals surface area contributed by atoms with Crippen molar-refractivity contribution < 1.29 is 29.0 Å². The lowest BCUT2D eigenvalue weighted by atomic mass is 9.98. The average molecular weight is 501 g/mol. The van der Waals surface area contributed by atoms with Gasteiger partial charge in [-0.2, -0.15) is 0 Å². The second-order valence-electron chi connectivity index (χ2n) is 9.27. The number of aliphatic hydroxyl groups excluding tert-OH is 1. The fourth-order valence-electron chi connectivity index (χ4n) is 4.99. The number of carbonyl (C=O) groups is 3. The van der Waals surface area contributed by atoms with Gasteiger partial charge in [-0.3, -0.25) is 4.79 Å². The van der Waals surface area contributed by atoms with Crippen molar-refractivity contribution in [2.75, 3.05) is 13.2 Å². The molecule has 8 heteroatoms. The summed E-state index contributed by atoms with van der Waals surface area (Å²) < 4.78 is 10.8. The summed E-state index contributed by atoms with van der Waals surface area (Å²) in [5.74, 6) is -1.28. The van der Waals surface area contributed by atoms with E-state index in [1.165, 1.54) is 11.8 Å². The molecule has 1 saturated heterocycles. The molecule has 0 spiro atoms. The molecule has 0 radical (unpaired) electrons. The Morgan fingerprint density at radius 3 is 2.19 bits per heavy atom. The van der Waals surface area contributed by atoms with Crippen LogP contribution in [0.1, 0.15) is 29.5 Å². The standard InChI is InChI=1S/C29H28N2O6/c1-18(28(34)36-16-19-9-3-2-4-10-19)31-15-25(32)26(27(31)33)30-29(35)37-17-24-22-13-7-5-11-20(22)21-12-6-8-14-23(21)24/h2-14,18,24-26,32H,15-17H2,1H3,(H,30,35)/t18-,25-,26-/m0/s1. The van der Waals surface area contributed by atoms with Crippen LogP contribution in [-0.4, -0.2) is 59.3 Å². The first kappa shape index (κ1) is 24.5. The van der Waals surface area contributed by atoms with Crippen LogP contribution in [0.2, 0.25) is 0 Å². The van der Waals surface area contributed by atoms with Gasteiger partial charge in [0.25, 0.3) is 0 Å². The first-order valence-electron chi connectivity index (χ1n) is 12.2. The highest BCUT2D eigenvalue weighted by Gasteiger charge is 2.44. The highest BCUT2D eigenvalue weighted by molar-refractivity contribution is 5.92. The smallest absolute Gasteiger partial charge is 0.407 e. The highest BCUT2D eigenvalue weighted by atomic mass is 16.5. The molecule has 3 aromatic carbocycles. The second-order valence-corrected chi connectivity index (χ2v) is 9.27. The molecule has 190 valence electrons. The number of rotatable bonds is 7. The van der Waals surface area contributed by atoms with Crippen LogP contribution in [0.3, 0.4) is 0 Å². The minimum atomic E-state index is -1.21. The summed E-state index contributed by atoms with van der Waals surface area (Å²) in [5, 5.41) is 12.9. The maximum atomic E-state index is 12.9. The van der Waals surface area contributed by atoms with E-state index in [0.717, 1.165) is 27.8 Å². The minimum Gasteiger partial charge on any atom is -0.459 e. The lowest BCUT2D eigenvalue weighted by Crippen LogP contribution is -2.48. The van der Waals surface area contributed by atoms with Crippen molar-refractivity contribution in [2.45, 2.75) is 37.6 Å². The molecule has 1 fully saturated rings. The molecule has 2 amide bonds. The predicted octanol–water partition coefficient (Wildman–Crippen LogP) is 3.23. The number of nitrogens with zero attached hydrogens (tertiary/aromatic N) is 1. The zero-order chi connectivity index (χ0) is 25.9. The number of benzene rings is 3. The Morgan fingerprint density at radius 1 is 0.946 bits per heavy atom. The molecule has 1 heterocycles. The zero-order valence-corrected chi connectivity index (χ0v) is 20.4. The Balaban J connectivity index is 1.17. The van der Waals surface area contributed by atoms with Gasteiger partial charge in [0, 0.05) is 5.92 Å². The number of aliphatic hydroxyl groups is 1. The summed E-state index contributed by atoms with van der Waals surface area (Å²) in [4.78, 5) is 39.3. The highest BCUT2D eigenvalue weighted by Crippen LogP contribution is 2.44. The van der Waals surface area contributed by atoms with Crippen LogP contribution < -0.4 is 5.32 Å². The van der Waals surface area contributed by atoms with Crippen LogP contribution in [-0.2, 0) is 25.7 Å². The Labute approximate surface area is 214 Å². The minimum absolute atomic E-state index is 0.0794. The number of carbonyl (C=O) groups excluding carboxylic acids is 3. The first-order chi connectivity index (χ1) is 17.9. The molecule has 8 nitrogen and oxygen atoms in total. The van der Waals surface area contributed by atoms with Crippen molar-refractivity contribution in [1.29, 1.82) is 0 Å². The quantitative estimate of drug-likeness (QED) is 0.483. The van der Waals surface area contributed by atoms with Gasteiger partial charge in [0.15, 0.2) is 0 Å². The fourth-order valence-corrected chi connectivity index (χ4v) is 4.99. The molecule has 3 aromatic rings. The second kappa shape index (κ2) is 10.4. The maximum Gasteiger partial charge on any atom is 0.407 e. The monoisotopic (exact) mass is 500 g/mol. The average Bonchev–Trinajstić information content (AvgIpc) is 3.39. The van der Waals surface area contributed by atoms with Gasteiger partial charge < -0.3 is 24.8 Å². The number of fused-ring (bicyclic) bond motifs is 3. The summed E-state index contributed by atoms with van der Waals surface area (Å²) in [6.07, 6.45) is -1.99. The van der Waals surface area contributed by atoms with E-state index in [9.17, 15) is 19.5 Å². The van der Waals surface area contributed by atoms with Crippen LogP contribution >= 0.6 is 0 Å². The summed E-state index contributed by atoms with van der Waals surface area (Å²) in [7, 11) is 0. The van der Waals surface area contributed by atoms with Gasteiger partial charge in [0.2, 0.25) is 5.91 Å². The molecule has 0 bridgehead atoms. The molecule has 0 aromatic heterocycles. The van der Waals surface area contributed by atoms with E-state index < -0.39 is 36.2 Å². The third-order valence-corrected chi connectivity index (χ3v) is 6.97. The number of hydrogen-bond donors (Lipinski definition) is 2. The number of likely N-dealkylation sites (tertiary alicyclic amines) is 1. The molecule has 0 unspecified atom stereocenters. The molecule has 3 atom stereocenters. The lowest BCUT2D eigenvalue weighted by Gasteiger charge is -2.23. The van der Waals surface area contributed by atoms with E-state index in [-0.39, 0.29) is 25.7 Å². The van der Waals surface area contributed by atoms with Crippen LogP contribution in [0.5, 0.6) is 0 Å². The first-order valence-corrected chi connectivity index (χ1v) is 12.2. The summed E-state index contributed by atoms with van der Waals surface area (Å²) >= 11 is 0. The van der Waals surface area contributed by atoms with Gasteiger partial charge in [-0.05, 0) is 34.7 Å². The molecule has 37 heavy (non-hydrogen) atoms. The number of β-amino-alcohol motifs (C(OH)–C–C–N with tert-alkyl or cyclic N) is 1. The Bertz CT molecular complexity index is 1270. The predicted molar refractivity (Wildman–Crippen MR) is 135 cm³/mol. The SMILES string of the molecule is C[C@@H](C(=O)OCc1ccccc1)N1C[C@H](O)[C@H](NC(=O)OCC2c3ccccc3-c3ccccc32)C1=O. The molecule has 0 saturated carbocycles. The van der Waals surface area contributed by atoms with Gasteiger partial charge in [-0.15, -0.1) is 0 Å². The van der Waals surface area contributed by atoms with E-state index in [4.69, 9.17) is 9.47 Å². The lowest BCUT2D eigenvalue weighted by molar-refractivity contribution is -0.154. The Hall–Kier alpha value is -4.17. The van der Waals surface area contributed by atoms with Gasteiger partial charge in [0.05, 0.1) is 6.54 Å². The third kappa shape index (κ3) is 4.93. The van der Waals surface area contributed by atoms with Gasteiger partial charge in [0.1, 0.15) is 31.4 Å². The fraction of sp³-hybridized carbons (Fsp3) is 0.276. The van der Waals surface area contributed by atoms with Crippen molar-refractivity contribution in [1.82, 2.24) is 10.2 Å². The Kier molecular flexibility index (Phi) is 6.92. The summed E-state index contributed by atoms with van der Waals surface area (Å²) in [6.45, 7) is 1.60. The van der Waals surface area contributed by atoms with Gasteiger partial charge in [-0.25, -0.2) is 9.59 Å². The summed E-state index contributed by atoms with van der Waals surface area (Å²) in [5.41, 5.74) is 5.19. The van der Waals surface area contributed by atoms with Crippen molar-refractivity contribution in [3.05, 3.63) is 95.6 Å². The number of nitrogens with one attached hydrogen (secondary N) is 1. The van der Waals surface area contributed by atoms with E-state index in [0.29, 0.717) is 0 Å². The Morgan fingerprint density at radius 2 is 1.54 bits per heavy atom. The number of hydrogen-bond acceptors (Lipinski definition) is 6. The van der Waals surface area contributed by atoms with Crippen molar-refractivity contribution in [2.24, 2.45) is 0 Å². The molecule has 2 aliphatic rings. The number of alkyl carbamates (subject to hydrolysis) is 1. The zero-order valence-electron chi connectivity index (χ0n) is 20.4. The molecular formula is C29H28N2O6. The third-order valence-electron chi connectivity index (χ3n) is 6.97. The van der Waals surface area contributed by atoms with Gasteiger partial charge in [-0.1, -0.05) is 78.9 Å².